The molecule has 5 heteroatoms. The maximum atomic E-state index is 12.1. The second kappa shape index (κ2) is 4.48. The first-order chi connectivity index (χ1) is 9.90. The van der Waals surface area contributed by atoms with E-state index in [1.807, 2.05) is 12.1 Å². The summed E-state index contributed by atoms with van der Waals surface area (Å²) in [6.07, 6.45) is 2.09. The van der Waals surface area contributed by atoms with E-state index in [0.717, 1.165) is 5.56 Å². The summed E-state index contributed by atoms with van der Waals surface area (Å²) in [5.41, 5.74) is 0.00887. The summed E-state index contributed by atoms with van der Waals surface area (Å²) in [4.78, 5) is 23.5. The molecule has 112 valence electrons. The molecular formula is C16H18O5. The van der Waals surface area contributed by atoms with Crippen LogP contribution in [0, 0.1) is 5.41 Å². The van der Waals surface area contributed by atoms with Crippen molar-refractivity contribution in [3.05, 3.63) is 29.3 Å². The molecule has 0 unspecified atom stereocenters. The molecule has 0 aromatic heterocycles. The lowest BCUT2D eigenvalue weighted by Crippen LogP contribution is -2.40. The highest BCUT2D eigenvalue weighted by atomic mass is 16.6. The number of carbonyl (C=O) groups is 2. The molecule has 0 atom stereocenters. The predicted molar refractivity (Wildman–Crippen MR) is 74.3 cm³/mol. The Kier molecular flexibility index (Phi) is 2.97. The number of fused-ring (bicyclic) bond motifs is 2. The van der Waals surface area contributed by atoms with Gasteiger partial charge in [-0.2, -0.15) is 0 Å². The third kappa shape index (κ3) is 1.99. The zero-order valence-electron chi connectivity index (χ0n) is 12.1. The van der Waals surface area contributed by atoms with Crippen molar-refractivity contribution >= 4 is 11.9 Å². The Morgan fingerprint density at radius 1 is 1.29 bits per heavy atom. The third-order valence-electron chi connectivity index (χ3n) is 4.90. The lowest BCUT2D eigenvalue weighted by Gasteiger charge is -2.40. The Morgan fingerprint density at radius 2 is 1.95 bits per heavy atom. The Morgan fingerprint density at radius 3 is 2.52 bits per heavy atom. The van der Waals surface area contributed by atoms with E-state index in [4.69, 9.17) is 9.47 Å². The fourth-order valence-corrected chi connectivity index (χ4v) is 3.29. The van der Waals surface area contributed by atoms with Crippen LogP contribution in [0.3, 0.4) is 0 Å². The van der Waals surface area contributed by atoms with Gasteiger partial charge in [-0.1, -0.05) is 6.07 Å². The van der Waals surface area contributed by atoms with E-state index < -0.39 is 17.0 Å². The number of aliphatic carboxylic acids is 1. The number of methoxy groups -OCH3 is 1. The minimum Gasteiger partial charge on any atom is -0.497 e. The van der Waals surface area contributed by atoms with Crippen LogP contribution >= 0.6 is 0 Å². The fraction of sp³-hybridized carbons (Fsp3) is 0.500. The molecule has 1 heterocycles. The number of carboxylic acids is 1. The number of hydrogen-bond donors (Lipinski definition) is 1. The Balaban J connectivity index is 1.94. The van der Waals surface area contributed by atoms with E-state index >= 15 is 0 Å². The lowest BCUT2D eigenvalue weighted by molar-refractivity contribution is -0.153. The van der Waals surface area contributed by atoms with Gasteiger partial charge in [0, 0.05) is 5.56 Å². The molecule has 2 aliphatic rings. The molecule has 21 heavy (non-hydrogen) atoms. The topological polar surface area (TPSA) is 72.8 Å². The summed E-state index contributed by atoms with van der Waals surface area (Å²) >= 11 is 0. The van der Waals surface area contributed by atoms with Crippen LogP contribution in [0.5, 0.6) is 5.75 Å². The predicted octanol–water partition coefficient (Wildman–Crippen LogP) is 2.73. The van der Waals surface area contributed by atoms with Crippen LogP contribution in [0.25, 0.3) is 0 Å². The maximum Gasteiger partial charge on any atom is 0.339 e. The molecule has 1 aromatic carbocycles. The number of carboxylic acid groups (broad SMARTS) is 1. The van der Waals surface area contributed by atoms with Crippen LogP contribution in [0.4, 0.5) is 0 Å². The molecule has 0 amide bonds. The summed E-state index contributed by atoms with van der Waals surface area (Å²) in [7, 11) is 1.55. The molecule has 3 rings (SSSR count). The quantitative estimate of drug-likeness (QED) is 0.848. The molecule has 1 aromatic rings. The number of benzene rings is 1. The van der Waals surface area contributed by atoms with Gasteiger partial charge in [0.2, 0.25) is 0 Å². The van der Waals surface area contributed by atoms with Crippen molar-refractivity contribution in [2.75, 3.05) is 7.11 Å². The van der Waals surface area contributed by atoms with E-state index in [9.17, 15) is 14.7 Å². The van der Waals surface area contributed by atoms with E-state index in [0.29, 0.717) is 37.0 Å². The SMILES string of the molecule is COc1ccc2c(c1)C(=O)O[C@]21CC[C@](C)(C(=O)O)CC1. The van der Waals surface area contributed by atoms with Gasteiger partial charge < -0.3 is 14.6 Å². The smallest absolute Gasteiger partial charge is 0.339 e. The number of rotatable bonds is 2. The van der Waals surface area contributed by atoms with Crippen LogP contribution in [0.1, 0.15) is 48.5 Å². The second-order valence-electron chi connectivity index (χ2n) is 6.16. The highest BCUT2D eigenvalue weighted by molar-refractivity contribution is 5.95. The van der Waals surface area contributed by atoms with Gasteiger partial charge in [0.15, 0.2) is 0 Å². The van der Waals surface area contributed by atoms with Gasteiger partial charge in [-0.05, 0) is 44.7 Å². The van der Waals surface area contributed by atoms with Crippen molar-refractivity contribution in [1.29, 1.82) is 0 Å². The average molecular weight is 290 g/mol. The summed E-state index contributed by atoms with van der Waals surface area (Å²) < 4.78 is 10.8. The summed E-state index contributed by atoms with van der Waals surface area (Å²) in [5, 5.41) is 9.32. The zero-order valence-corrected chi connectivity index (χ0v) is 12.1. The minimum atomic E-state index is -0.781. The van der Waals surface area contributed by atoms with Crippen LogP contribution < -0.4 is 4.74 Å². The lowest BCUT2D eigenvalue weighted by atomic mass is 9.68. The molecule has 0 radical (unpaired) electrons. The monoisotopic (exact) mass is 290 g/mol. The van der Waals surface area contributed by atoms with Crippen molar-refractivity contribution in [3.63, 3.8) is 0 Å². The minimum absolute atomic E-state index is 0.345. The van der Waals surface area contributed by atoms with E-state index in [1.165, 1.54) is 0 Å². The van der Waals surface area contributed by atoms with Crippen LogP contribution in [-0.4, -0.2) is 24.2 Å². The summed E-state index contributed by atoms with van der Waals surface area (Å²) in [6, 6.07) is 5.37. The van der Waals surface area contributed by atoms with Gasteiger partial charge in [0.25, 0.3) is 0 Å². The molecule has 1 spiro atoms. The zero-order chi connectivity index (χ0) is 15.3. The molecule has 1 saturated carbocycles. The Hall–Kier alpha value is -2.04. The standard InChI is InChI=1S/C16H18O5/c1-15(14(18)19)5-7-16(8-6-15)12-4-3-10(20-2)9-11(12)13(17)21-16/h3-4,9H,5-8H2,1-2H3,(H,18,19)/t15-,16-. The number of esters is 1. The number of hydrogen-bond acceptors (Lipinski definition) is 4. The molecule has 5 nitrogen and oxygen atoms in total. The molecule has 0 saturated heterocycles. The first-order valence-corrected chi connectivity index (χ1v) is 7.05. The molecule has 1 fully saturated rings. The maximum absolute atomic E-state index is 12.1. The fourth-order valence-electron chi connectivity index (χ4n) is 3.29. The van der Waals surface area contributed by atoms with Crippen molar-refractivity contribution in [1.82, 2.24) is 0 Å². The highest BCUT2D eigenvalue weighted by Gasteiger charge is 2.51. The average Bonchev–Trinajstić information content (AvgIpc) is 2.75. The second-order valence-corrected chi connectivity index (χ2v) is 6.16. The van der Waals surface area contributed by atoms with Gasteiger partial charge >= 0.3 is 11.9 Å². The van der Waals surface area contributed by atoms with Crippen LogP contribution in [-0.2, 0) is 15.1 Å². The Bertz CT molecular complexity index is 611. The number of ether oxygens (including phenoxy) is 2. The summed E-state index contributed by atoms with van der Waals surface area (Å²) in [6.45, 7) is 1.76. The van der Waals surface area contributed by atoms with E-state index in [-0.39, 0.29) is 5.97 Å². The van der Waals surface area contributed by atoms with Gasteiger partial charge in [-0.15, -0.1) is 0 Å². The van der Waals surface area contributed by atoms with E-state index in [1.54, 1.807) is 20.1 Å². The largest absolute Gasteiger partial charge is 0.497 e. The molecule has 0 bridgehead atoms. The first kappa shape index (κ1) is 13.9. The molecule has 1 aliphatic heterocycles. The van der Waals surface area contributed by atoms with Gasteiger partial charge in [0.1, 0.15) is 11.4 Å². The van der Waals surface area contributed by atoms with Crippen molar-refractivity contribution in [2.24, 2.45) is 5.41 Å². The van der Waals surface area contributed by atoms with Crippen molar-refractivity contribution in [3.8, 4) is 5.75 Å². The first-order valence-electron chi connectivity index (χ1n) is 7.05. The van der Waals surface area contributed by atoms with Crippen LogP contribution in [0.2, 0.25) is 0 Å². The molecular weight excluding hydrogens is 272 g/mol. The Labute approximate surface area is 122 Å². The molecule has 1 aliphatic carbocycles. The number of carbonyl (C=O) groups excluding carboxylic acids is 1. The normalized spacial score (nSPS) is 30.9. The highest BCUT2D eigenvalue weighted by Crippen LogP contribution is 2.52. The van der Waals surface area contributed by atoms with Gasteiger partial charge in [-0.3, -0.25) is 4.79 Å². The van der Waals surface area contributed by atoms with Crippen LogP contribution in [0.15, 0.2) is 18.2 Å². The van der Waals surface area contributed by atoms with Gasteiger partial charge in [0.05, 0.1) is 18.1 Å². The van der Waals surface area contributed by atoms with Crippen molar-refractivity contribution < 1.29 is 24.2 Å². The van der Waals surface area contributed by atoms with Gasteiger partial charge in [-0.25, -0.2) is 4.79 Å². The summed E-state index contributed by atoms with van der Waals surface area (Å²) in [5.74, 6) is -0.506. The molecule has 1 N–H and O–H groups in total. The van der Waals surface area contributed by atoms with E-state index in [2.05, 4.69) is 0 Å². The van der Waals surface area contributed by atoms with Crippen molar-refractivity contribution in [2.45, 2.75) is 38.2 Å². The third-order valence-corrected chi connectivity index (χ3v) is 4.90.